The van der Waals surface area contributed by atoms with Gasteiger partial charge in [0.2, 0.25) is 5.91 Å². The van der Waals surface area contributed by atoms with Crippen molar-refractivity contribution in [3.05, 3.63) is 0 Å². The average molecular weight is 282 g/mol. The second-order valence-electron chi connectivity index (χ2n) is 6.61. The van der Waals surface area contributed by atoms with E-state index in [1.165, 1.54) is 13.8 Å². The van der Waals surface area contributed by atoms with E-state index < -0.39 is 11.7 Å². The minimum atomic E-state index is -0.545. The van der Waals surface area contributed by atoms with Crippen LogP contribution < -0.4 is 5.32 Å². The second-order valence-corrected chi connectivity index (χ2v) is 6.61. The molecule has 2 rings (SSSR count). The van der Waals surface area contributed by atoms with Crippen LogP contribution in [0.2, 0.25) is 0 Å². The normalized spacial score (nSPS) is 31.6. The number of ether oxygens (including phenoxy) is 1. The van der Waals surface area contributed by atoms with Gasteiger partial charge in [0.15, 0.2) is 5.78 Å². The number of carbonyl (C=O) groups excluding carboxylic acids is 3. The van der Waals surface area contributed by atoms with E-state index >= 15 is 0 Å². The molecule has 1 saturated heterocycles. The number of nitrogens with zero attached hydrogens (tertiary/aromatic N) is 1. The Balaban J connectivity index is 1.96. The summed E-state index contributed by atoms with van der Waals surface area (Å²) in [6.07, 6.45) is 0.153. The highest BCUT2D eigenvalue weighted by Crippen LogP contribution is 2.48. The maximum Gasteiger partial charge on any atom is 0.407 e. The van der Waals surface area contributed by atoms with Gasteiger partial charge < -0.3 is 15.0 Å². The first-order chi connectivity index (χ1) is 9.11. The minimum Gasteiger partial charge on any atom is -0.444 e. The van der Waals surface area contributed by atoms with E-state index in [0.29, 0.717) is 6.42 Å². The summed E-state index contributed by atoms with van der Waals surface area (Å²) in [6.45, 7) is 8.36. The van der Waals surface area contributed by atoms with Crippen LogP contribution in [0.4, 0.5) is 4.79 Å². The summed E-state index contributed by atoms with van der Waals surface area (Å²) in [6, 6.07) is -0.488. The molecule has 2 aliphatic rings. The summed E-state index contributed by atoms with van der Waals surface area (Å²) >= 11 is 0. The Hall–Kier alpha value is -1.59. The van der Waals surface area contributed by atoms with E-state index in [1.54, 1.807) is 25.7 Å². The molecule has 0 aromatic rings. The first-order valence-electron chi connectivity index (χ1n) is 6.90. The van der Waals surface area contributed by atoms with Crippen molar-refractivity contribution < 1.29 is 19.1 Å². The summed E-state index contributed by atoms with van der Waals surface area (Å²) in [5.41, 5.74) is -0.545. The molecule has 0 aromatic heterocycles. The standard InChI is InChI=1S/C14H22N2O4/c1-7(17)10-6-9-11(12(9)16(10)8(2)18)15-13(19)20-14(3,4)5/h9-12H,6H2,1-5H3,(H,15,19)/t9?,10-,11?,12?/m0/s1. The molecule has 1 N–H and O–H groups in total. The minimum absolute atomic E-state index is 0.00316. The third kappa shape index (κ3) is 2.78. The molecule has 6 nitrogen and oxygen atoms in total. The number of alkyl carbamates (subject to hydrolysis) is 1. The lowest BCUT2D eigenvalue weighted by molar-refractivity contribution is -0.136. The van der Waals surface area contributed by atoms with Crippen molar-refractivity contribution in [2.75, 3.05) is 0 Å². The molecule has 0 aromatic carbocycles. The number of hydrogen-bond acceptors (Lipinski definition) is 4. The van der Waals surface area contributed by atoms with Crippen LogP contribution in [0.25, 0.3) is 0 Å². The lowest BCUT2D eigenvalue weighted by atomic mass is 10.1. The molecule has 1 aliphatic carbocycles. The van der Waals surface area contributed by atoms with Gasteiger partial charge in [0, 0.05) is 12.8 Å². The van der Waals surface area contributed by atoms with Crippen LogP contribution in [0, 0.1) is 5.92 Å². The molecule has 2 fully saturated rings. The lowest BCUT2D eigenvalue weighted by Crippen LogP contribution is -2.46. The van der Waals surface area contributed by atoms with Crippen molar-refractivity contribution in [1.82, 2.24) is 10.2 Å². The fourth-order valence-electron chi connectivity index (χ4n) is 3.03. The topological polar surface area (TPSA) is 75.7 Å². The number of fused-ring (bicyclic) bond motifs is 1. The van der Waals surface area contributed by atoms with Gasteiger partial charge in [-0.05, 0) is 34.1 Å². The lowest BCUT2D eigenvalue weighted by Gasteiger charge is -2.27. The van der Waals surface area contributed by atoms with Gasteiger partial charge in [0.25, 0.3) is 0 Å². The molecule has 112 valence electrons. The van der Waals surface area contributed by atoms with E-state index in [4.69, 9.17) is 4.74 Å². The Morgan fingerprint density at radius 1 is 1.20 bits per heavy atom. The second kappa shape index (κ2) is 4.75. The van der Waals surface area contributed by atoms with Crippen molar-refractivity contribution in [2.45, 2.75) is 64.8 Å². The van der Waals surface area contributed by atoms with Crippen LogP contribution in [0.1, 0.15) is 41.0 Å². The van der Waals surface area contributed by atoms with E-state index in [1.807, 2.05) is 0 Å². The number of ketones is 1. The maximum atomic E-state index is 11.7. The third-order valence-corrected chi connectivity index (χ3v) is 3.80. The predicted molar refractivity (Wildman–Crippen MR) is 72.0 cm³/mol. The fourth-order valence-corrected chi connectivity index (χ4v) is 3.03. The van der Waals surface area contributed by atoms with Crippen LogP contribution in [-0.2, 0) is 14.3 Å². The number of carbonyl (C=O) groups is 3. The molecular weight excluding hydrogens is 260 g/mol. The largest absolute Gasteiger partial charge is 0.444 e. The van der Waals surface area contributed by atoms with Gasteiger partial charge in [0.1, 0.15) is 5.60 Å². The van der Waals surface area contributed by atoms with Crippen LogP contribution in [0.15, 0.2) is 0 Å². The molecule has 1 saturated carbocycles. The zero-order valence-corrected chi connectivity index (χ0v) is 12.6. The molecule has 0 radical (unpaired) electrons. The Kier molecular flexibility index (Phi) is 3.52. The molecule has 3 unspecified atom stereocenters. The number of piperidine rings is 1. The van der Waals surface area contributed by atoms with Crippen LogP contribution in [0.3, 0.4) is 0 Å². The third-order valence-electron chi connectivity index (χ3n) is 3.80. The number of Topliss-reactive ketones (excluding diaryl/α,β-unsaturated/α-hetero) is 1. The van der Waals surface area contributed by atoms with Gasteiger partial charge in [-0.2, -0.15) is 0 Å². The zero-order chi connectivity index (χ0) is 15.2. The molecule has 6 heteroatoms. The zero-order valence-electron chi connectivity index (χ0n) is 12.6. The Morgan fingerprint density at radius 2 is 1.80 bits per heavy atom. The van der Waals surface area contributed by atoms with Crippen molar-refractivity contribution >= 4 is 17.8 Å². The number of amides is 2. The van der Waals surface area contributed by atoms with Gasteiger partial charge in [-0.15, -0.1) is 0 Å². The Labute approximate surface area is 118 Å². The maximum absolute atomic E-state index is 11.7. The van der Waals surface area contributed by atoms with Gasteiger partial charge in [-0.3, -0.25) is 9.59 Å². The highest BCUT2D eigenvalue weighted by Gasteiger charge is 2.63. The summed E-state index contributed by atoms with van der Waals surface area (Å²) in [7, 11) is 0. The monoisotopic (exact) mass is 282 g/mol. The van der Waals surface area contributed by atoms with Crippen LogP contribution in [0.5, 0.6) is 0 Å². The number of likely N-dealkylation sites (tertiary alicyclic amines) is 1. The number of rotatable bonds is 2. The molecule has 2 amide bonds. The molecule has 1 heterocycles. The van der Waals surface area contributed by atoms with Crippen LogP contribution in [-0.4, -0.2) is 46.4 Å². The number of nitrogens with one attached hydrogen (secondary N) is 1. The molecule has 1 aliphatic heterocycles. The molecular formula is C14H22N2O4. The summed E-state index contributed by atoms with van der Waals surface area (Å²) in [5.74, 6) is 0.0509. The van der Waals surface area contributed by atoms with Gasteiger partial charge in [-0.1, -0.05) is 0 Å². The highest BCUT2D eigenvalue weighted by atomic mass is 16.6. The van der Waals surface area contributed by atoms with Crippen molar-refractivity contribution in [1.29, 1.82) is 0 Å². The molecule has 0 spiro atoms. The first-order valence-corrected chi connectivity index (χ1v) is 6.90. The smallest absolute Gasteiger partial charge is 0.407 e. The first kappa shape index (κ1) is 14.8. The quantitative estimate of drug-likeness (QED) is 0.822. The molecule has 20 heavy (non-hydrogen) atoms. The SMILES string of the molecule is CC(=O)[C@@H]1CC2C(NC(=O)OC(C)(C)C)C2N1C(C)=O. The molecule has 0 bridgehead atoms. The van der Waals surface area contributed by atoms with Crippen LogP contribution >= 0.6 is 0 Å². The number of hydrogen-bond donors (Lipinski definition) is 1. The van der Waals surface area contributed by atoms with Gasteiger partial charge in [-0.25, -0.2) is 4.79 Å². The van der Waals surface area contributed by atoms with Crippen molar-refractivity contribution in [3.8, 4) is 0 Å². The summed E-state index contributed by atoms with van der Waals surface area (Å²) in [4.78, 5) is 36.6. The van der Waals surface area contributed by atoms with Gasteiger partial charge in [0.05, 0.1) is 18.1 Å². The fraction of sp³-hybridized carbons (Fsp3) is 0.786. The summed E-state index contributed by atoms with van der Waals surface area (Å²) < 4.78 is 5.20. The van der Waals surface area contributed by atoms with Crippen molar-refractivity contribution in [2.24, 2.45) is 5.92 Å². The Morgan fingerprint density at radius 3 is 2.25 bits per heavy atom. The van der Waals surface area contributed by atoms with Crippen molar-refractivity contribution in [3.63, 3.8) is 0 Å². The summed E-state index contributed by atoms with van der Waals surface area (Å²) in [5, 5.41) is 2.79. The van der Waals surface area contributed by atoms with E-state index in [2.05, 4.69) is 5.32 Å². The highest BCUT2D eigenvalue weighted by molar-refractivity contribution is 5.88. The van der Waals surface area contributed by atoms with E-state index in [0.717, 1.165) is 0 Å². The molecule has 4 atom stereocenters. The van der Waals surface area contributed by atoms with E-state index in [9.17, 15) is 14.4 Å². The Bertz CT molecular complexity index is 455. The van der Waals surface area contributed by atoms with Gasteiger partial charge >= 0.3 is 6.09 Å². The predicted octanol–water partition coefficient (Wildman–Crippen LogP) is 1.09. The average Bonchev–Trinajstić information content (AvgIpc) is 2.73. The van der Waals surface area contributed by atoms with E-state index in [-0.39, 0.29) is 35.7 Å².